The van der Waals surface area contributed by atoms with Gasteiger partial charge in [0.05, 0.1) is 31.0 Å². The fraction of sp³-hybridized carbons (Fsp3) is 0.400. The van der Waals surface area contributed by atoms with Crippen molar-refractivity contribution in [3.8, 4) is 5.75 Å². The Labute approximate surface area is 158 Å². The summed E-state index contributed by atoms with van der Waals surface area (Å²) in [5.41, 5.74) is 8.11. The van der Waals surface area contributed by atoms with Crippen molar-refractivity contribution in [3.05, 3.63) is 59.4 Å². The molecular formula is C20H24N4O3. The molecule has 7 nitrogen and oxygen atoms in total. The lowest BCUT2D eigenvalue weighted by Gasteiger charge is -2.46. The Morgan fingerprint density at radius 2 is 2.22 bits per heavy atom. The number of rotatable bonds is 5. The average molecular weight is 368 g/mol. The Morgan fingerprint density at radius 3 is 2.89 bits per heavy atom. The van der Waals surface area contributed by atoms with Crippen LogP contribution in [0.4, 0.5) is 0 Å². The van der Waals surface area contributed by atoms with Gasteiger partial charge in [-0.15, -0.1) is 0 Å². The number of aromatic nitrogens is 1. The normalized spacial score (nSPS) is 21.0. The third kappa shape index (κ3) is 3.80. The zero-order chi connectivity index (χ0) is 18.9. The summed E-state index contributed by atoms with van der Waals surface area (Å²) in [7, 11) is 0. The lowest BCUT2D eigenvalue weighted by molar-refractivity contribution is -0.154. The molecule has 27 heavy (non-hydrogen) atoms. The van der Waals surface area contributed by atoms with Crippen LogP contribution in [0.5, 0.6) is 5.75 Å². The zero-order valence-corrected chi connectivity index (χ0v) is 15.3. The minimum atomic E-state index is -0.965. The second-order valence-electron chi connectivity index (χ2n) is 7.23. The van der Waals surface area contributed by atoms with Gasteiger partial charge in [-0.2, -0.15) is 0 Å². The number of amides is 1. The largest absolute Gasteiger partial charge is 0.487 e. The van der Waals surface area contributed by atoms with Gasteiger partial charge in [0.2, 0.25) is 5.91 Å². The lowest BCUT2D eigenvalue weighted by Crippen LogP contribution is -2.60. The molecule has 3 N–H and O–H groups in total. The first-order valence-electron chi connectivity index (χ1n) is 9.18. The van der Waals surface area contributed by atoms with Crippen molar-refractivity contribution in [2.45, 2.75) is 31.6 Å². The van der Waals surface area contributed by atoms with E-state index in [1.54, 1.807) is 11.1 Å². The lowest BCUT2D eigenvalue weighted by atomic mass is 9.85. The van der Waals surface area contributed by atoms with Crippen LogP contribution in [-0.4, -0.2) is 40.5 Å². The predicted octanol–water partition coefficient (Wildman–Crippen LogP) is 1.25. The van der Waals surface area contributed by atoms with E-state index in [1.165, 1.54) is 6.92 Å². The molecule has 0 bridgehead atoms. The van der Waals surface area contributed by atoms with Crippen LogP contribution >= 0.6 is 0 Å². The van der Waals surface area contributed by atoms with Crippen LogP contribution in [0.2, 0.25) is 0 Å². The highest BCUT2D eigenvalue weighted by Gasteiger charge is 2.43. The SMILES string of the molecule is CC(=O)N1CC(O)(c2cccc(COc3ccc(C4CCNN4)nc3)c2)C1. The summed E-state index contributed by atoms with van der Waals surface area (Å²) in [5.74, 6) is 0.693. The summed E-state index contributed by atoms with van der Waals surface area (Å²) in [6, 6.07) is 11.8. The number of hydrazine groups is 1. The molecule has 1 atom stereocenters. The third-order valence-corrected chi connectivity index (χ3v) is 5.17. The predicted molar refractivity (Wildman–Crippen MR) is 99.7 cm³/mol. The quantitative estimate of drug-likeness (QED) is 0.736. The first-order valence-corrected chi connectivity index (χ1v) is 9.18. The maximum atomic E-state index is 11.4. The number of benzene rings is 1. The number of aliphatic hydroxyl groups is 1. The average Bonchev–Trinajstić information content (AvgIpc) is 3.19. The molecule has 2 saturated heterocycles. The molecule has 1 unspecified atom stereocenters. The summed E-state index contributed by atoms with van der Waals surface area (Å²) in [5, 5.41) is 10.7. The molecule has 0 spiro atoms. The van der Waals surface area contributed by atoms with Crippen molar-refractivity contribution in [1.29, 1.82) is 0 Å². The van der Waals surface area contributed by atoms with Crippen molar-refractivity contribution in [2.24, 2.45) is 0 Å². The van der Waals surface area contributed by atoms with Crippen molar-refractivity contribution in [3.63, 3.8) is 0 Å². The van der Waals surface area contributed by atoms with Crippen LogP contribution in [0.3, 0.4) is 0 Å². The second-order valence-corrected chi connectivity index (χ2v) is 7.23. The van der Waals surface area contributed by atoms with E-state index in [9.17, 15) is 9.90 Å². The van der Waals surface area contributed by atoms with Gasteiger partial charge < -0.3 is 14.7 Å². The van der Waals surface area contributed by atoms with Crippen LogP contribution in [0.1, 0.15) is 36.2 Å². The maximum Gasteiger partial charge on any atom is 0.219 e. The Hall–Kier alpha value is -2.48. The summed E-state index contributed by atoms with van der Waals surface area (Å²) in [6.07, 6.45) is 2.76. The first kappa shape index (κ1) is 17.9. The fourth-order valence-electron chi connectivity index (χ4n) is 3.50. The number of nitrogens with one attached hydrogen (secondary N) is 2. The van der Waals surface area contributed by atoms with E-state index in [-0.39, 0.29) is 11.9 Å². The number of carbonyl (C=O) groups is 1. The molecule has 3 heterocycles. The van der Waals surface area contributed by atoms with Gasteiger partial charge in [-0.1, -0.05) is 18.2 Å². The van der Waals surface area contributed by atoms with Crippen molar-refractivity contribution in [2.75, 3.05) is 19.6 Å². The summed E-state index contributed by atoms with van der Waals surface area (Å²) >= 11 is 0. The summed E-state index contributed by atoms with van der Waals surface area (Å²) in [4.78, 5) is 17.5. The highest BCUT2D eigenvalue weighted by Crippen LogP contribution is 2.32. The second kappa shape index (κ2) is 7.26. The molecule has 2 aliphatic heterocycles. The van der Waals surface area contributed by atoms with Gasteiger partial charge in [-0.25, -0.2) is 5.43 Å². The van der Waals surface area contributed by atoms with Crippen LogP contribution in [0.15, 0.2) is 42.6 Å². The molecule has 142 valence electrons. The van der Waals surface area contributed by atoms with Crippen molar-refractivity contribution < 1.29 is 14.6 Å². The van der Waals surface area contributed by atoms with Crippen LogP contribution in [0.25, 0.3) is 0 Å². The highest BCUT2D eigenvalue weighted by atomic mass is 16.5. The molecule has 0 saturated carbocycles. The van der Waals surface area contributed by atoms with Crippen LogP contribution in [-0.2, 0) is 17.0 Å². The number of pyridine rings is 1. The Morgan fingerprint density at radius 1 is 1.37 bits per heavy atom. The molecule has 7 heteroatoms. The third-order valence-electron chi connectivity index (χ3n) is 5.17. The Kier molecular flexibility index (Phi) is 4.82. The monoisotopic (exact) mass is 368 g/mol. The van der Waals surface area contributed by atoms with Gasteiger partial charge in [0.15, 0.2) is 0 Å². The highest BCUT2D eigenvalue weighted by molar-refractivity contribution is 5.74. The first-order chi connectivity index (χ1) is 13.0. The van der Waals surface area contributed by atoms with Gasteiger partial charge >= 0.3 is 0 Å². The number of ether oxygens (including phenoxy) is 1. The zero-order valence-electron chi connectivity index (χ0n) is 15.3. The molecule has 2 fully saturated rings. The number of nitrogens with zero attached hydrogens (tertiary/aromatic N) is 2. The summed E-state index contributed by atoms with van der Waals surface area (Å²) < 4.78 is 5.84. The minimum Gasteiger partial charge on any atom is -0.487 e. The standard InChI is InChI=1S/C20H24N4O3/c1-14(25)24-12-20(26,13-24)16-4-2-3-15(9-16)11-27-17-5-6-18(21-10-17)19-7-8-22-23-19/h2-6,9-10,19,22-23,26H,7-8,11-13H2,1H3. The number of carbonyl (C=O) groups excluding carboxylic acids is 1. The van der Waals surface area contributed by atoms with E-state index in [0.717, 1.165) is 29.8 Å². The molecule has 0 radical (unpaired) electrons. The van der Waals surface area contributed by atoms with Gasteiger partial charge in [0.1, 0.15) is 18.0 Å². The van der Waals surface area contributed by atoms with Gasteiger partial charge in [0.25, 0.3) is 0 Å². The number of β-amino-alcohol motifs (C(OH)–C–C–N with tert-alkyl or cyclic N) is 1. The van der Waals surface area contributed by atoms with E-state index in [2.05, 4.69) is 15.8 Å². The number of likely N-dealkylation sites (tertiary alicyclic amines) is 1. The van der Waals surface area contributed by atoms with Crippen LogP contribution in [0, 0.1) is 0 Å². The Balaban J connectivity index is 1.37. The van der Waals surface area contributed by atoms with Gasteiger partial charge in [-0.3, -0.25) is 15.2 Å². The molecule has 1 aromatic heterocycles. The molecule has 1 aromatic carbocycles. The molecule has 0 aliphatic carbocycles. The molecule has 1 amide bonds. The summed E-state index contributed by atoms with van der Waals surface area (Å²) in [6.45, 7) is 3.52. The Bertz CT molecular complexity index is 812. The van der Waals surface area contributed by atoms with Gasteiger partial charge in [0, 0.05) is 13.5 Å². The van der Waals surface area contributed by atoms with E-state index in [1.807, 2.05) is 36.4 Å². The minimum absolute atomic E-state index is 0.0151. The molecule has 2 aliphatic rings. The number of hydrogen-bond acceptors (Lipinski definition) is 6. The maximum absolute atomic E-state index is 11.4. The van der Waals surface area contributed by atoms with E-state index in [0.29, 0.717) is 25.4 Å². The molecule has 4 rings (SSSR count). The fourth-order valence-corrected chi connectivity index (χ4v) is 3.50. The topological polar surface area (TPSA) is 86.7 Å². The smallest absolute Gasteiger partial charge is 0.219 e. The molecular weight excluding hydrogens is 344 g/mol. The van der Waals surface area contributed by atoms with Crippen molar-refractivity contribution in [1.82, 2.24) is 20.7 Å². The van der Waals surface area contributed by atoms with E-state index in [4.69, 9.17) is 4.74 Å². The van der Waals surface area contributed by atoms with E-state index < -0.39 is 5.60 Å². The van der Waals surface area contributed by atoms with Crippen LogP contribution < -0.4 is 15.6 Å². The molecule has 2 aromatic rings. The van der Waals surface area contributed by atoms with Crippen molar-refractivity contribution >= 4 is 5.91 Å². The number of hydrogen-bond donors (Lipinski definition) is 3. The van der Waals surface area contributed by atoms with Gasteiger partial charge in [-0.05, 0) is 35.7 Å². The van der Waals surface area contributed by atoms with E-state index >= 15 is 0 Å².